The summed E-state index contributed by atoms with van der Waals surface area (Å²) in [5.41, 5.74) is 5.58. The van der Waals surface area contributed by atoms with E-state index in [4.69, 9.17) is 5.73 Å². The first kappa shape index (κ1) is 14.0. The van der Waals surface area contributed by atoms with E-state index < -0.39 is 0 Å². The number of amides is 2. The fourth-order valence-corrected chi connectivity index (χ4v) is 4.13. The number of carbonyl (C=O) groups excluding carboxylic acids is 2. The molecule has 3 rings (SSSR count). The molecule has 0 bridgehead atoms. The maximum absolute atomic E-state index is 12.5. The van der Waals surface area contributed by atoms with Gasteiger partial charge in [-0.1, -0.05) is 12.8 Å². The Morgan fingerprint density at radius 1 is 0.950 bits per heavy atom. The average molecular weight is 279 g/mol. The van der Waals surface area contributed by atoms with E-state index in [1.165, 1.54) is 0 Å². The van der Waals surface area contributed by atoms with E-state index in [1.807, 2.05) is 0 Å². The van der Waals surface area contributed by atoms with Gasteiger partial charge in [0.25, 0.3) is 0 Å². The number of nitrogens with two attached hydrogens (primary N) is 1. The van der Waals surface area contributed by atoms with Gasteiger partial charge in [0.2, 0.25) is 11.8 Å². The largest absolute Gasteiger partial charge is 0.329 e. The Balaban J connectivity index is 1.65. The third-order valence-electron chi connectivity index (χ3n) is 5.24. The van der Waals surface area contributed by atoms with Crippen molar-refractivity contribution in [3.8, 4) is 0 Å². The van der Waals surface area contributed by atoms with Crippen LogP contribution in [0.5, 0.6) is 0 Å². The molecule has 2 unspecified atom stereocenters. The highest BCUT2D eigenvalue weighted by Gasteiger charge is 2.50. The van der Waals surface area contributed by atoms with Crippen LogP contribution in [0.2, 0.25) is 0 Å². The van der Waals surface area contributed by atoms with Gasteiger partial charge in [0.15, 0.2) is 0 Å². The maximum Gasteiger partial charge on any atom is 0.233 e. The van der Waals surface area contributed by atoms with Crippen LogP contribution in [0.3, 0.4) is 0 Å². The predicted molar refractivity (Wildman–Crippen MR) is 75.8 cm³/mol. The molecule has 2 saturated heterocycles. The summed E-state index contributed by atoms with van der Waals surface area (Å²) in [6.45, 7) is 3.50. The molecular weight excluding hydrogens is 254 g/mol. The van der Waals surface area contributed by atoms with Crippen molar-refractivity contribution >= 4 is 11.8 Å². The number of piperidine rings is 1. The van der Waals surface area contributed by atoms with Gasteiger partial charge in [-0.2, -0.15) is 0 Å². The van der Waals surface area contributed by atoms with E-state index in [0.717, 1.165) is 58.2 Å². The summed E-state index contributed by atoms with van der Waals surface area (Å²) in [7, 11) is 0. The number of hydrogen-bond acceptors (Lipinski definition) is 4. The van der Waals surface area contributed by atoms with E-state index in [-0.39, 0.29) is 29.7 Å². The summed E-state index contributed by atoms with van der Waals surface area (Å²) in [5.74, 6) is 0.241. The van der Waals surface area contributed by atoms with Crippen molar-refractivity contribution in [2.45, 2.75) is 44.6 Å². The number of likely N-dealkylation sites (tertiary alicyclic amines) is 2. The van der Waals surface area contributed by atoms with Gasteiger partial charge in [-0.25, -0.2) is 0 Å². The van der Waals surface area contributed by atoms with Gasteiger partial charge in [0.05, 0.1) is 11.8 Å². The molecule has 0 aromatic rings. The van der Waals surface area contributed by atoms with Gasteiger partial charge in [-0.3, -0.25) is 14.5 Å². The van der Waals surface area contributed by atoms with E-state index in [9.17, 15) is 9.59 Å². The van der Waals surface area contributed by atoms with Crippen molar-refractivity contribution in [2.24, 2.45) is 17.6 Å². The summed E-state index contributed by atoms with van der Waals surface area (Å²) >= 11 is 0. The second-order valence-corrected chi connectivity index (χ2v) is 6.41. The van der Waals surface area contributed by atoms with E-state index in [1.54, 1.807) is 4.90 Å². The van der Waals surface area contributed by atoms with Gasteiger partial charge in [-0.05, 0) is 25.7 Å². The molecule has 5 heteroatoms. The first-order valence-corrected chi connectivity index (χ1v) is 8.01. The summed E-state index contributed by atoms with van der Waals surface area (Å²) in [4.78, 5) is 29.0. The van der Waals surface area contributed by atoms with Crippen LogP contribution in [-0.2, 0) is 9.59 Å². The summed E-state index contributed by atoms with van der Waals surface area (Å²) < 4.78 is 0. The monoisotopic (exact) mass is 279 g/mol. The van der Waals surface area contributed by atoms with Crippen LogP contribution in [0.15, 0.2) is 0 Å². The lowest BCUT2D eigenvalue weighted by Gasteiger charge is -2.35. The van der Waals surface area contributed by atoms with Crippen LogP contribution >= 0.6 is 0 Å². The van der Waals surface area contributed by atoms with Crippen LogP contribution in [0.4, 0.5) is 0 Å². The minimum atomic E-state index is -0.00155. The Morgan fingerprint density at radius 3 is 2.00 bits per heavy atom. The van der Waals surface area contributed by atoms with Crippen molar-refractivity contribution in [3.63, 3.8) is 0 Å². The highest BCUT2D eigenvalue weighted by Crippen LogP contribution is 2.39. The van der Waals surface area contributed by atoms with Gasteiger partial charge in [0, 0.05) is 32.2 Å². The lowest BCUT2D eigenvalue weighted by molar-refractivity contribution is -0.143. The zero-order valence-corrected chi connectivity index (χ0v) is 12.1. The van der Waals surface area contributed by atoms with Gasteiger partial charge in [0.1, 0.15) is 0 Å². The number of fused-ring (bicyclic) bond motifs is 1. The Bertz CT molecular complexity index is 367. The standard InChI is InChI=1S/C15H25N3O2/c16-7-10-17-8-5-11(6-9-17)18-14(19)12-3-1-2-4-13(12)15(18)20/h11-13H,1-10,16H2. The van der Waals surface area contributed by atoms with Crippen molar-refractivity contribution in [2.75, 3.05) is 26.2 Å². The highest BCUT2D eigenvalue weighted by atomic mass is 16.2. The second-order valence-electron chi connectivity index (χ2n) is 6.41. The second kappa shape index (κ2) is 5.82. The molecule has 2 amide bonds. The number of rotatable bonds is 3. The minimum Gasteiger partial charge on any atom is -0.329 e. The van der Waals surface area contributed by atoms with Crippen molar-refractivity contribution in [1.82, 2.24) is 9.80 Å². The fourth-order valence-electron chi connectivity index (χ4n) is 4.13. The Hall–Kier alpha value is -0.940. The molecule has 2 N–H and O–H groups in total. The minimum absolute atomic E-state index is 0.00155. The fraction of sp³-hybridized carbons (Fsp3) is 0.867. The Kier molecular flexibility index (Phi) is 4.08. The molecule has 3 aliphatic rings. The van der Waals surface area contributed by atoms with Gasteiger partial charge < -0.3 is 10.6 Å². The molecule has 0 spiro atoms. The van der Waals surface area contributed by atoms with E-state index in [0.29, 0.717) is 6.54 Å². The summed E-state index contributed by atoms with van der Waals surface area (Å²) in [6.07, 6.45) is 5.86. The predicted octanol–water partition coefficient (Wildman–Crippen LogP) is 0.585. The highest BCUT2D eigenvalue weighted by molar-refractivity contribution is 6.05. The molecule has 5 nitrogen and oxygen atoms in total. The first-order valence-electron chi connectivity index (χ1n) is 8.01. The van der Waals surface area contributed by atoms with E-state index >= 15 is 0 Å². The van der Waals surface area contributed by atoms with Crippen molar-refractivity contribution in [3.05, 3.63) is 0 Å². The van der Waals surface area contributed by atoms with Gasteiger partial charge in [-0.15, -0.1) is 0 Å². The van der Waals surface area contributed by atoms with Crippen molar-refractivity contribution in [1.29, 1.82) is 0 Å². The lowest BCUT2D eigenvalue weighted by atomic mass is 9.81. The number of imide groups is 1. The zero-order valence-electron chi connectivity index (χ0n) is 12.1. The topological polar surface area (TPSA) is 66.6 Å². The average Bonchev–Trinajstić information content (AvgIpc) is 2.73. The normalized spacial score (nSPS) is 32.8. The maximum atomic E-state index is 12.5. The molecule has 20 heavy (non-hydrogen) atoms. The SMILES string of the molecule is NCCN1CCC(N2C(=O)C3CCCCC3C2=O)CC1. The molecule has 1 saturated carbocycles. The smallest absolute Gasteiger partial charge is 0.233 e. The summed E-state index contributed by atoms with van der Waals surface area (Å²) in [5, 5.41) is 0. The molecule has 2 aliphatic heterocycles. The van der Waals surface area contributed by atoms with Crippen LogP contribution in [0, 0.1) is 11.8 Å². The van der Waals surface area contributed by atoms with Gasteiger partial charge >= 0.3 is 0 Å². The van der Waals surface area contributed by atoms with Crippen LogP contribution in [-0.4, -0.2) is 53.8 Å². The number of nitrogens with zero attached hydrogens (tertiary/aromatic N) is 2. The zero-order chi connectivity index (χ0) is 14.1. The molecule has 2 heterocycles. The molecule has 2 atom stereocenters. The molecule has 1 aliphatic carbocycles. The number of hydrogen-bond donors (Lipinski definition) is 1. The van der Waals surface area contributed by atoms with E-state index in [2.05, 4.69) is 4.90 Å². The molecular formula is C15H25N3O2. The lowest BCUT2D eigenvalue weighted by Crippen LogP contribution is -2.48. The van der Waals surface area contributed by atoms with Crippen molar-refractivity contribution < 1.29 is 9.59 Å². The molecule has 112 valence electrons. The molecule has 3 fully saturated rings. The van der Waals surface area contributed by atoms with Crippen LogP contribution in [0.1, 0.15) is 38.5 Å². The molecule has 0 aromatic carbocycles. The number of carbonyl (C=O) groups is 2. The Labute approximate surface area is 120 Å². The molecule has 0 radical (unpaired) electrons. The Morgan fingerprint density at radius 2 is 1.50 bits per heavy atom. The first-order chi connectivity index (χ1) is 9.72. The third kappa shape index (κ3) is 2.37. The summed E-state index contributed by atoms with van der Waals surface area (Å²) in [6, 6.07) is 0.134. The third-order valence-corrected chi connectivity index (χ3v) is 5.24. The quantitative estimate of drug-likeness (QED) is 0.768. The van der Waals surface area contributed by atoms with Crippen LogP contribution in [0.25, 0.3) is 0 Å². The molecule has 0 aromatic heterocycles. The van der Waals surface area contributed by atoms with Crippen LogP contribution < -0.4 is 5.73 Å².